The molecule has 0 saturated heterocycles. The fraction of sp³-hybridized carbons (Fsp3) is 0.500. The summed E-state index contributed by atoms with van der Waals surface area (Å²) in [6, 6.07) is 0. The Morgan fingerprint density at radius 2 is 2.27 bits per heavy atom. The van der Waals surface area contributed by atoms with E-state index in [1.165, 1.54) is 12.8 Å². The van der Waals surface area contributed by atoms with Crippen LogP contribution < -0.4 is 0 Å². The lowest BCUT2D eigenvalue weighted by Gasteiger charge is -2.22. The number of nitrogens with zero attached hydrogens (tertiary/aromatic N) is 2. The zero-order valence-electron chi connectivity index (χ0n) is 8.83. The van der Waals surface area contributed by atoms with Crippen molar-refractivity contribution in [3.63, 3.8) is 0 Å². The highest BCUT2D eigenvalue weighted by Gasteiger charge is 2.08. The van der Waals surface area contributed by atoms with Gasteiger partial charge in [-0.25, -0.2) is 0 Å². The summed E-state index contributed by atoms with van der Waals surface area (Å²) < 4.78 is 2.03. The van der Waals surface area contributed by atoms with Gasteiger partial charge in [-0.1, -0.05) is 25.8 Å². The maximum atomic E-state index is 10.4. The highest BCUT2D eigenvalue weighted by Crippen LogP contribution is 2.25. The normalized spacial score (nSPS) is 19.8. The van der Waals surface area contributed by atoms with Crippen molar-refractivity contribution in [2.45, 2.75) is 26.2 Å². The molecule has 0 aromatic carbocycles. The van der Waals surface area contributed by atoms with E-state index in [4.69, 9.17) is 0 Å². The monoisotopic (exact) mass is 228 g/mol. The van der Waals surface area contributed by atoms with Gasteiger partial charge in [0.2, 0.25) is 0 Å². The molecule has 0 aliphatic carbocycles. The summed E-state index contributed by atoms with van der Waals surface area (Å²) in [5, 5.41) is 12.3. The lowest BCUT2D eigenvalue weighted by Crippen LogP contribution is -2.14. The number of hydrogen-bond acceptors (Lipinski definition) is 3. The zero-order valence-corrected chi connectivity index (χ0v) is 9.65. The van der Waals surface area contributed by atoms with Gasteiger partial charge in [-0.05, 0) is 17.9 Å². The Morgan fingerprint density at radius 3 is 2.93 bits per heavy atom. The van der Waals surface area contributed by atoms with E-state index < -0.39 is 10.7 Å². The Balaban J connectivity index is 2.56. The van der Waals surface area contributed by atoms with Crippen molar-refractivity contribution in [2.75, 3.05) is 6.54 Å². The Kier molecular flexibility index (Phi) is 5.10. The Morgan fingerprint density at radius 1 is 1.47 bits per heavy atom. The summed E-state index contributed by atoms with van der Waals surface area (Å²) in [4.78, 5) is 10.1. The first-order valence-corrected chi connectivity index (χ1v) is 6.37. The van der Waals surface area contributed by atoms with E-state index in [9.17, 15) is 10.1 Å². The fourth-order valence-electron chi connectivity index (χ4n) is 1.30. The van der Waals surface area contributed by atoms with Crippen LogP contribution in [0.25, 0.3) is 0 Å². The average molecular weight is 228 g/mol. The lowest BCUT2D eigenvalue weighted by atomic mass is 10.2. The lowest BCUT2D eigenvalue weighted by molar-refractivity contribution is -0.334. The summed E-state index contributed by atoms with van der Waals surface area (Å²) in [5.41, 5.74) is 1.16. The number of rotatable bonds is 5. The van der Waals surface area contributed by atoms with Crippen molar-refractivity contribution in [2.24, 2.45) is 0 Å². The molecule has 5 heteroatoms. The molecule has 0 fully saturated rings. The van der Waals surface area contributed by atoms with Crippen LogP contribution in [0.5, 0.6) is 0 Å². The molecule has 1 atom stereocenters. The van der Waals surface area contributed by atoms with Gasteiger partial charge in [-0.15, -0.1) is 0 Å². The topological polar surface area (TPSA) is 46.4 Å². The van der Waals surface area contributed by atoms with E-state index in [1.54, 1.807) is 0 Å². The van der Waals surface area contributed by atoms with E-state index >= 15 is 0 Å². The highest BCUT2D eigenvalue weighted by molar-refractivity contribution is 8.15. The van der Waals surface area contributed by atoms with Crippen LogP contribution in [-0.2, 0) is 0 Å². The molecule has 84 valence electrons. The fourth-order valence-corrected chi connectivity index (χ4v) is 2.63. The molecule has 0 radical (unpaired) electrons. The molecule has 1 unspecified atom stereocenters. The van der Waals surface area contributed by atoms with Crippen molar-refractivity contribution >= 4 is 16.2 Å². The Hall–Kier alpha value is -1.10. The smallest absolute Gasteiger partial charge is 0.281 e. The number of unbranched alkanes of at least 4 members (excludes halogenated alkanes) is 2. The van der Waals surface area contributed by atoms with Crippen molar-refractivity contribution < 1.29 is 4.92 Å². The van der Waals surface area contributed by atoms with Crippen molar-refractivity contribution in [1.82, 2.24) is 4.31 Å². The van der Waals surface area contributed by atoms with Crippen LogP contribution in [0.15, 0.2) is 23.8 Å². The van der Waals surface area contributed by atoms with Crippen LogP contribution in [0.3, 0.4) is 0 Å². The van der Waals surface area contributed by atoms with Crippen LogP contribution in [0.2, 0.25) is 0 Å². The molecular weight excluding hydrogens is 212 g/mol. The summed E-state index contributed by atoms with van der Waals surface area (Å²) in [6.07, 6.45) is 9.13. The molecule has 1 aliphatic heterocycles. The molecule has 1 rings (SSSR count). The van der Waals surface area contributed by atoms with Crippen molar-refractivity contribution in [1.29, 1.82) is 0 Å². The zero-order chi connectivity index (χ0) is 11.1. The largest absolute Gasteiger partial charge is 0.321 e. The van der Waals surface area contributed by atoms with Gasteiger partial charge >= 0.3 is 0 Å². The minimum Gasteiger partial charge on any atom is -0.321 e. The summed E-state index contributed by atoms with van der Waals surface area (Å²) >= 11 is 0. The molecule has 0 aromatic heterocycles. The van der Waals surface area contributed by atoms with Crippen LogP contribution in [-0.4, -0.2) is 21.3 Å². The van der Waals surface area contributed by atoms with Gasteiger partial charge in [-0.2, -0.15) is 0 Å². The second kappa shape index (κ2) is 6.40. The predicted molar refractivity (Wildman–Crippen MR) is 65.2 cm³/mol. The first-order valence-electron chi connectivity index (χ1n) is 5.06. The second-order valence-corrected chi connectivity index (χ2v) is 4.90. The maximum Gasteiger partial charge on any atom is 0.281 e. The van der Waals surface area contributed by atoms with Crippen LogP contribution in [0.1, 0.15) is 26.2 Å². The molecule has 0 bridgehead atoms. The SMILES string of the molecule is CCCCCN1C=CC=CS1=C[N+](=O)[O-]. The van der Waals surface area contributed by atoms with Gasteiger partial charge in [-0.3, -0.25) is 10.1 Å². The molecule has 0 spiro atoms. The van der Waals surface area contributed by atoms with Gasteiger partial charge in [0.1, 0.15) is 0 Å². The van der Waals surface area contributed by atoms with Gasteiger partial charge in [0.25, 0.3) is 5.49 Å². The summed E-state index contributed by atoms with van der Waals surface area (Å²) in [5.74, 6) is 0. The molecule has 1 heterocycles. The minimum atomic E-state index is -0.474. The third-order valence-corrected chi connectivity index (χ3v) is 3.70. The van der Waals surface area contributed by atoms with Gasteiger partial charge in [0.05, 0.1) is 4.92 Å². The maximum absolute atomic E-state index is 10.4. The van der Waals surface area contributed by atoms with E-state index in [1.807, 2.05) is 28.1 Å². The van der Waals surface area contributed by atoms with E-state index in [0.29, 0.717) is 0 Å². The molecule has 15 heavy (non-hydrogen) atoms. The van der Waals surface area contributed by atoms with Crippen LogP contribution in [0, 0.1) is 10.1 Å². The predicted octanol–water partition coefficient (Wildman–Crippen LogP) is 2.74. The average Bonchev–Trinajstić information content (AvgIpc) is 2.20. The van der Waals surface area contributed by atoms with Gasteiger partial charge in [0.15, 0.2) is 0 Å². The molecular formula is C10H16N2O2S. The minimum absolute atomic E-state index is 0.362. The number of nitro groups is 1. The van der Waals surface area contributed by atoms with E-state index in [0.717, 1.165) is 18.5 Å². The van der Waals surface area contributed by atoms with Crippen molar-refractivity contribution in [3.8, 4) is 0 Å². The molecule has 0 aromatic rings. The third kappa shape index (κ3) is 4.29. The van der Waals surface area contributed by atoms with Gasteiger partial charge < -0.3 is 4.31 Å². The highest BCUT2D eigenvalue weighted by atomic mass is 32.2. The number of hydrogen-bond donors (Lipinski definition) is 0. The first kappa shape index (κ1) is 12.0. The molecule has 0 N–H and O–H groups in total. The molecule has 4 nitrogen and oxygen atoms in total. The van der Waals surface area contributed by atoms with E-state index in [-0.39, 0.29) is 4.92 Å². The van der Waals surface area contributed by atoms with Crippen molar-refractivity contribution in [3.05, 3.63) is 33.9 Å². The number of allylic oxidation sites excluding steroid dienone is 2. The van der Waals surface area contributed by atoms with Crippen LogP contribution in [0.4, 0.5) is 0 Å². The molecule has 1 aliphatic rings. The standard InChI is InChI=1S/C10H16N2O2S/c1-2-3-4-7-11-8-5-6-9-15(11)10-12(13)14/h5-6,8-10H,2-4,7H2,1H3. The van der Waals surface area contributed by atoms with Gasteiger partial charge in [0, 0.05) is 23.4 Å². The Bertz CT molecular complexity index is 311. The first-order chi connectivity index (χ1) is 7.24. The molecule has 0 saturated carbocycles. The molecule has 0 amide bonds. The Labute approximate surface area is 92.5 Å². The summed E-state index contributed by atoms with van der Waals surface area (Å²) in [6.45, 7) is 3.04. The third-order valence-electron chi connectivity index (χ3n) is 2.03. The second-order valence-electron chi connectivity index (χ2n) is 3.26. The van der Waals surface area contributed by atoms with Crippen LogP contribution >= 0.6 is 10.7 Å². The van der Waals surface area contributed by atoms with E-state index in [2.05, 4.69) is 6.92 Å². The quantitative estimate of drug-likeness (QED) is 0.314. The summed E-state index contributed by atoms with van der Waals surface area (Å²) in [7, 11) is -0.474.